The van der Waals surface area contributed by atoms with Crippen molar-refractivity contribution in [1.29, 1.82) is 0 Å². The first kappa shape index (κ1) is 14.8. The van der Waals surface area contributed by atoms with E-state index < -0.39 is 0 Å². The number of carbonyl (C=O) groups is 1. The third kappa shape index (κ3) is 2.65. The fourth-order valence-electron chi connectivity index (χ4n) is 2.78. The molecule has 120 valence electrons. The van der Waals surface area contributed by atoms with Gasteiger partial charge in [0.1, 0.15) is 0 Å². The molecule has 0 aliphatic carbocycles. The Morgan fingerprint density at radius 3 is 2.92 bits per heavy atom. The molecule has 2 aromatic heterocycles. The second-order valence-electron chi connectivity index (χ2n) is 5.63. The predicted molar refractivity (Wildman–Crippen MR) is 94.5 cm³/mol. The number of methoxy groups -OCH3 is 1. The van der Waals surface area contributed by atoms with Gasteiger partial charge in [-0.05, 0) is 42.8 Å². The molecular formula is C18H15N3O2S. The maximum Gasteiger partial charge on any atom is 0.337 e. The maximum absolute atomic E-state index is 11.6. The van der Waals surface area contributed by atoms with Crippen LogP contribution in [-0.2, 0) is 11.3 Å². The Morgan fingerprint density at radius 1 is 1.21 bits per heavy atom. The highest BCUT2D eigenvalue weighted by atomic mass is 32.1. The summed E-state index contributed by atoms with van der Waals surface area (Å²) in [7, 11) is 1.38. The van der Waals surface area contributed by atoms with Crippen LogP contribution in [0.2, 0.25) is 0 Å². The fourth-order valence-corrected chi connectivity index (χ4v) is 3.58. The van der Waals surface area contributed by atoms with Gasteiger partial charge in [0.2, 0.25) is 0 Å². The van der Waals surface area contributed by atoms with E-state index in [-0.39, 0.29) is 5.97 Å². The number of ether oxygens (including phenoxy) is 1. The van der Waals surface area contributed by atoms with Gasteiger partial charge >= 0.3 is 5.97 Å². The van der Waals surface area contributed by atoms with Crippen LogP contribution in [0.5, 0.6) is 0 Å². The Kier molecular flexibility index (Phi) is 3.54. The highest BCUT2D eigenvalue weighted by molar-refractivity contribution is 7.18. The zero-order chi connectivity index (χ0) is 16.7. The number of thiazole rings is 1. The number of aryl methyl sites for hydroxylation is 1. The first-order valence-electron chi connectivity index (χ1n) is 7.54. The third-order valence-electron chi connectivity index (χ3n) is 3.88. The molecule has 4 aromatic rings. The van der Waals surface area contributed by atoms with Crippen molar-refractivity contribution in [3.05, 3.63) is 58.7 Å². The van der Waals surface area contributed by atoms with E-state index >= 15 is 0 Å². The minimum Gasteiger partial charge on any atom is -0.465 e. The van der Waals surface area contributed by atoms with Crippen LogP contribution in [-0.4, -0.2) is 27.8 Å². The summed E-state index contributed by atoms with van der Waals surface area (Å²) in [6.45, 7) is 2.68. The molecule has 0 saturated heterocycles. The lowest BCUT2D eigenvalue weighted by atomic mass is 10.1. The Hall–Kier alpha value is -2.73. The van der Waals surface area contributed by atoms with Crippen LogP contribution in [0.3, 0.4) is 0 Å². The summed E-state index contributed by atoms with van der Waals surface area (Å²) >= 11 is 1.70. The predicted octanol–water partition coefficient (Wildman–Crippen LogP) is 3.79. The van der Waals surface area contributed by atoms with Gasteiger partial charge in [-0.2, -0.15) is 5.10 Å². The summed E-state index contributed by atoms with van der Waals surface area (Å²) in [5.74, 6) is -0.339. The monoisotopic (exact) mass is 337 g/mol. The smallest absolute Gasteiger partial charge is 0.337 e. The Bertz CT molecular complexity index is 1060. The van der Waals surface area contributed by atoms with E-state index in [0.717, 1.165) is 27.0 Å². The number of carbonyl (C=O) groups excluding carboxylic acids is 1. The van der Waals surface area contributed by atoms with E-state index in [1.54, 1.807) is 23.5 Å². The molecule has 0 bridgehead atoms. The summed E-state index contributed by atoms with van der Waals surface area (Å²) in [4.78, 5) is 16.2. The number of rotatable bonds is 3. The summed E-state index contributed by atoms with van der Waals surface area (Å²) in [6, 6.07) is 11.7. The van der Waals surface area contributed by atoms with Crippen molar-refractivity contribution < 1.29 is 9.53 Å². The molecular weight excluding hydrogens is 322 g/mol. The molecule has 0 radical (unpaired) electrons. The standard InChI is InChI=1S/C18H15N3O2S/c1-11-19-16-7-12(3-6-17(16)24-11)9-21-10-14-8-13(18(22)23-2)4-5-15(14)20-21/h3-8,10H,9H2,1-2H3. The quantitative estimate of drug-likeness (QED) is 0.534. The number of fused-ring (bicyclic) bond motifs is 2. The van der Waals surface area contributed by atoms with Crippen molar-refractivity contribution >= 4 is 38.4 Å². The molecule has 0 unspecified atom stereocenters. The van der Waals surface area contributed by atoms with Crippen molar-refractivity contribution in [2.45, 2.75) is 13.5 Å². The van der Waals surface area contributed by atoms with E-state index in [1.165, 1.54) is 11.8 Å². The van der Waals surface area contributed by atoms with Crippen molar-refractivity contribution in [3.8, 4) is 0 Å². The molecule has 0 atom stereocenters. The molecule has 4 rings (SSSR count). The van der Waals surface area contributed by atoms with Gasteiger partial charge in [-0.3, -0.25) is 4.68 Å². The molecule has 24 heavy (non-hydrogen) atoms. The molecule has 6 heteroatoms. The lowest BCUT2D eigenvalue weighted by Crippen LogP contribution is -2.00. The molecule has 5 nitrogen and oxygen atoms in total. The van der Waals surface area contributed by atoms with Gasteiger partial charge in [0.25, 0.3) is 0 Å². The molecule has 0 amide bonds. The van der Waals surface area contributed by atoms with Gasteiger partial charge in [0.05, 0.1) is 40.0 Å². The normalized spacial score (nSPS) is 11.2. The number of hydrogen-bond acceptors (Lipinski definition) is 5. The van der Waals surface area contributed by atoms with Crippen molar-refractivity contribution in [1.82, 2.24) is 14.8 Å². The largest absolute Gasteiger partial charge is 0.465 e. The Balaban J connectivity index is 1.66. The first-order valence-corrected chi connectivity index (χ1v) is 8.35. The molecule has 0 aliphatic rings. The number of hydrogen-bond donors (Lipinski definition) is 0. The summed E-state index contributed by atoms with van der Waals surface area (Å²) in [5.41, 5.74) is 3.56. The van der Waals surface area contributed by atoms with Gasteiger partial charge in [-0.25, -0.2) is 9.78 Å². The first-order chi connectivity index (χ1) is 11.6. The lowest BCUT2D eigenvalue weighted by Gasteiger charge is -2.01. The van der Waals surface area contributed by atoms with Crippen LogP contribution >= 0.6 is 11.3 Å². The Morgan fingerprint density at radius 2 is 2.08 bits per heavy atom. The van der Waals surface area contributed by atoms with E-state index in [4.69, 9.17) is 4.74 Å². The zero-order valence-corrected chi connectivity index (χ0v) is 14.1. The summed E-state index contributed by atoms with van der Waals surface area (Å²) < 4.78 is 7.84. The van der Waals surface area contributed by atoms with Crippen molar-refractivity contribution in [2.75, 3.05) is 7.11 Å². The number of esters is 1. The topological polar surface area (TPSA) is 57.0 Å². The van der Waals surface area contributed by atoms with E-state index in [2.05, 4.69) is 28.3 Å². The van der Waals surface area contributed by atoms with Gasteiger partial charge in [0.15, 0.2) is 0 Å². The van der Waals surface area contributed by atoms with E-state index in [9.17, 15) is 4.79 Å². The molecule has 0 N–H and O–H groups in total. The second-order valence-corrected chi connectivity index (χ2v) is 6.86. The average molecular weight is 337 g/mol. The van der Waals surface area contributed by atoms with Crippen molar-refractivity contribution in [3.63, 3.8) is 0 Å². The average Bonchev–Trinajstić information content (AvgIpc) is 3.14. The zero-order valence-electron chi connectivity index (χ0n) is 13.3. The number of nitrogens with zero attached hydrogens (tertiary/aromatic N) is 3. The maximum atomic E-state index is 11.6. The van der Waals surface area contributed by atoms with Gasteiger partial charge in [0, 0.05) is 11.6 Å². The van der Waals surface area contributed by atoms with Crippen LogP contribution in [0, 0.1) is 6.92 Å². The summed E-state index contributed by atoms with van der Waals surface area (Å²) in [5, 5.41) is 6.56. The van der Waals surface area contributed by atoms with Crippen LogP contribution in [0.4, 0.5) is 0 Å². The van der Waals surface area contributed by atoms with E-state index in [0.29, 0.717) is 12.1 Å². The third-order valence-corrected chi connectivity index (χ3v) is 4.83. The second kappa shape index (κ2) is 5.72. The number of benzene rings is 2. The highest BCUT2D eigenvalue weighted by Crippen LogP contribution is 2.23. The molecule has 0 fully saturated rings. The lowest BCUT2D eigenvalue weighted by molar-refractivity contribution is 0.0601. The van der Waals surface area contributed by atoms with Crippen LogP contribution < -0.4 is 0 Å². The van der Waals surface area contributed by atoms with Crippen LogP contribution in [0.25, 0.3) is 21.1 Å². The highest BCUT2D eigenvalue weighted by Gasteiger charge is 2.09. The number of aromatic nitrogens is 3. The van der Waals surface area contributed by atoms with Crippen LogP contribution in [0.15, 0.2) is 42.6 Å². The van der Waals surface area contributed by atoms with Gasteiger partial charge in [-0.15, -0.1) is 11.3 Å². The molecule has 0 spiro atoms. The SMILES string of the molecule is COC(=O)c1ccc2nn(Cc3ccc4sc(C)nc4c3)cc2c1. The molecule has 0 saturated carbocycles. The summed E-state index contributed by atoms with van der Waals surface area (Å²) in [6.07, 6.45) is 1.94. The molecule has 2 aromatic carbocycles. The van der Waals surface area contributed by atoms with Gasteiger partial charge < -0.3 is 4.74 Å². The Labute approximate surface area is 142 Å². The minimum absolute atomic E-state index is 0.339. The van der Waals surface area contributed by atoms with E-state index in [1.807, 2.05) is 23.9 Å². The van der Waals surface area contributed by atoms with Crippen molar-refractivity contribution in [2.24, 2.45) is 0 Å². The minimum atomic E-state index is -0.339. The van der Waals surface area contributed by atoms with Gasteiger partial charge in [-0.1, -0.05) is 6.07 Å². The molecule has 2 heterocycles. The molecule has 0 aliphatic heterocycles. The van der Waals surface area contributed by atoms with Crippen LogP contribution in [0.1, 0.15) is 20.9 Å². The fraction of sp³-hybridized carbons (Fsp3) is 0.167.